The molecule has 0 radical (unpaired) electrons. The van der Waals surface area contributed by atoms with Gasteiger partial charge in [-0.25, -0.2) is 4.79 Å². The van der Waals surface area contributed by atoms with Crippen LogP contribution in [0, 0.1) is 0 Å². The van der Waals surface area contributed by atoms with Gasteiger partial charge in [-0.05, 0) is 19.3 Å². The standard InChI is InChI=1S/C10H21N3O2/c11-4-8-15-9-5-12-10(14)13-6-2-1-3-7-13/h1-9,11H2,(H,12,14). The lowest BCUT2D eigenvalue weighted by Gasteiger charge is -2.26. The molecule has 1 rings (SSSR count). The fraction of sp³-hybridized carbons (Fsp3) is 0.900. The minimum absolute atomic E-state index is 0.0334. The van der Waals surface area contributed by atoms with Crippen LogP contribution in [0.1, 0.15) is 19.3 Å². The Morgan fingerprint density at radius 1 is 1.27 bits per heavy atom. The number of amides is 2. The Morgan fingerprint density at radius 3 is 2.67 bits per heavy atom. The molecule has 0 aromatic rings. The summed E-state index contributed by atoms with van der Waals surface area (Å²) < 4.78 is 5.16. The summed E-state index contributed by atoms with van der Waals surface area (Å²) in [6.45, 7) is 3.96. The highest BCUT2D eigenvalue weighted by atomic mass is 16.5. The quantitative estimate of drug-likeness (QED) is 0.642. The highest BCUT2D eigenvalue weighted by Gasteiger charge is 2.15. The Labute approximate surface area is 90.9 Å². The molecule has 0 atom stereocenters. The van der Waals surface area contributed by atoms with Crippen molar-refractivity contribution < 1.29 is 9.53 Å². The monoisotopic (exact) mass is 215 g/mol. The molecule has 1 aliphatic rings. The predicted octanol–water partition coefficient (Wildman–Crippen LogP) is 0.157. The van der Waals surface area contributed by atoms with E-state index in [1.807, 2.05) is 4.90 Å². The van der Waals surface area contributed by atoms with Gasteiger partial charge in [0.2, 0.25) is 0 Å². The summed E-state index contributed by atoms with van der Waals surface area (Å²) in [6, 6.07) is 0.0334. The van der Waals surface area contributed by atoms with Gasteiger partial charge >= 0.3 is 6.03 Å². The summed E-state index contributed by atoms with van der Waals surface area (Å²) in [4.78, 5) is 13.4. The number of rotatable bonds is 5. The number of ether oxygens (including phenoxy) is 1. The van der Waals surface area contributed by atoms with Crippen LogP contribution in [0.15, 0.2) is 0 Å². The smallest absolute Gasteiger partial charge is 0.317 e. The molecule has 3 N–H and O–H groups in total. The van der Waals surface area contributed by atoms with E-state index in [-0.39, 0.29) is 6.03 Å². The summed E-state index contributed by atoms with van der Waals surface area (Å²) in [5.74, 6) is 0. The van der Waals surface area contributed by atoms with E-state index in [4.69, 9.17) is 10.5 Å². The van der Waals surface area contributed by atoms with Gasteiger partial charge in [-0.1, -0.05) is 0 Å². The van der Waals surface area contributed by atoms with Crippen molar-refractivity contribution in [2.75, 3.05) is 39.4 Å². The van der Waals surface area contributed by atoms with Crippen LogP contribution in [0.25, 0.3) is 0 Å². The van der Waals surface area contributed by atoms with Gasteiger partial charge < -0.3 is 20.7 Å². The lowest BCUT2D eigenvalue weighted by molar-refractivity contribution is 0.139. The maximum absolute atomic E-state index is 11.6. The third kappa shape index (κ3) is 4.99. The van der Waals surface area contributed by atoms with Gasteiger partial charge in [0.1, 0.15) is 0 Å². The summed E-state index contributed by atoms with van der Waals surface area (Å²) >= 11 is 0. The van der Waals surface area contributed by atoms with E-state index in [0.717, 1.165) is 25.9 Å². The number of likely N-dealkylation sites (tertiary alicyclic amines) is 1. The Hall–Kier alpha value is -0.810. The SMILES string of the molecule is NCCOCCNC(=O)N1CCCCC1. The topological polar surface area (TPSA) is 67.6 Å². The largest absolute Gasteiger partial charge is 0.378 e. The molecule has 1 heterocycles. The van der Waals surface area contributed by atoms with E-state index in [0.29, 0.717) is 26.3 Å². The summed E-state index contributed by atoms with van der Waals surface area (Å²) in [5, 5.41) is 2.83. The zero-order valence-corrected chi connectivity index (χ0v) is 9.21. The lowest BCUT2D eigenvalue weighted by atomic mass is 10.1. The molecular weight excluding hydrogens is 194 g/mol. The molecule has 0 saturated carbocycles. The number of carbonyl (C=O) groups excluding carboxylic acids is 1. The van der Waals surface area contributed by atoms with Crippen LogP contribution in [0.3, 0.4) is 0 Å². The first-order chi connectivity index (χ1) is 7.34. The van der Waals surface area contributed by atoms with E-state index in [9.17, 15) is 4.79 Å². The second-order valence-corrected chi connectivity index (χ2v) is 3.68. The number of nitrogens with two attached hydrogens (primary N) is 1. The molecule has 0 aromatic heterocycles. The van der Waals surface area contributed by atoms with Crippen LogP contribution in [-0.2, 0) is 4.74 Å². The Morgan fingerprint density at radius 2 is 2.00 bits per heavy atom. The van der Waals surface area contributed by atoms with Crippen molar-refractivity contribution in [1.82, 2.24) is 10.2 Å². The summed E-state index contributed by atoms with van der Waals surface area (Å²) in [7, 11) is 0. The number of hydrogen-bond acceptors (Lipinski definition) is 3. The molecule has 0 bridgehead atoms. The number of piperidine rings is 1. The fourth-order valence-corrected chi connectivity index (χ4v) is 1.62. The van der Waals surface area contributed by atoms with Crippen molar-refractivity contribution in [3.05, 3.63) is 0 Å². The lowest BCUT2D eigenvalue weighted by Crippen LogP contribution is -2.43. The van der Waals surface area contributed by atoms with Crippen molar-refractivity contribution in [2.24, 2.45) is 5.73 Å². The minimum Gasteiger partial charge on any atom is -0.378 e. The number of nitrogens with one attached hydrogen (secondary N) is 1. The molecule has 5 nitrogen and oxygen atoms in total. The van der Waals surface area contributed by atoms with E-state index < -0.39 is 0 Å². The van der Waals surface area contributed by atoms with Gasteiger partial charge in [0.05, 0.1) is 13.2 Å². The van der Waals surface area contributed by atoms with E-state index >= 15 is 0 Å². The number of urea groups is 1. The Balaban J connectivity index is 2.02. The highest BCUT2D eigenvalue weighted by molar-refractivity contribution is 5.74. The van der Waals surface area contributed by atoms with Crippen molar-refractivity contribution in [1.29, 1.82) is 0 Å². The normalized spacial score (nSPS) is 16.5. The molecule has 2 amide bonds. The average Bonchev–Trinajstić information content (AvgIpc) is 2.30. The van der Waals surface area contributed by atoms with Gasteiger partial charge in [0.15, 0.2) is 0 Å². The Bertz CT molecular complexity index is 182. The van der Waals surface area contributed by atoms with E-state index in [1.54, 1.807) is 0 Å². The molecule has 88 valence electrons. The van der Waals surface area contributed by atoms with Crippen LogP contribution < -0.4 is 11.1 Å². The average molecular weight is 215 g/mol. The van der Waals surface area contributed by atoms with Gasteiger partial charge in [0, 0.05) is 26.2 Å². The minimum atomic E-state index is 0.0334. The van der Waals surface area contributed by atoms with Gasteiger partial charge in [-0.2, -0.15) is 0 Å². The summed E-state index contributed by atoms with van der Waals surface area (Å²) in [5.41, 5.74) is 5.27. The van der Waals surface area contributed by atoms with Crippen molar-refractivity contribution >= 4 is 6.03 Å². The van der Waals surface area contributed by atoms with Crippen molar-refractivity contribution in [3.63, 3.8) is 0 Å². The third-order valence-electron chi connectivity index (χ3n) is 2.43. The van der Waals surface area contributed by atoms with Crippen LogP contribution in [0.5, 0.6) is 0 Å². The number of nitrogens with zero attached hydrogens (tertiary/aromatic N) is 1. The summed E-state index contributed by atoms with van der Waals surface area (Å²) in [6.07, 6.45) is 3.48. The van der Waals surface area contributed by atoms with Crippen LogP contribution in [-0.4, -0.2) is 50.3 Å². The molecule has 1 aliphatic heterocycles. The second kappa shape index (κ2) is 7.48. The number of carbonyl (C=O) groups is 1. The van der Waals surface area contributed by atoms with Crippen molar-refractivity contribution in [3.8, 4) is 0 Å². The van der Waals surface area contributed by atoms with Crippen LogP contribution >= 0.6 is 0 Å². The molecule has 0 spiro atoms. The predicted molar refractivity (Wildman–Crippen MR) is 58.7 cm³/mol. The molecule has 0 aromatic carbocycles. The van der Waals surface area contributed by atoms with Crippen molar-refractivity contribution in [2.45, 2.75) is 19.3 Å². The van der Waals surface area contributed by atoms with E-state index in [2.05, 4.69) is 5.32 Å². The van der Waals surface area contributed by atoms with Crippen LogP contribution in [0.4, 0.5) is 4.79 Å². The first-order valence-electron chi connectivity index (χ1n) is 5.65. The van der Waals surface area contributed by atoms with Gasteiger partial charge in [0.25, 0.3) is 0 Å². The zero-order valence-electron chi connectivity index (χ0n) is 9.21. The van der Waals surface area contributed by atoms with Gasteiger partial charge in [-0.3, -0.25) is 0 Å². The first-order valence-corrected chi connectivity index (χ1v) is 5.65. The first kappa shape index (κ1) is 12.3. The van der Waals surface area contributed by atoms with Crippen LogP contribution in [0.2, 0.25) is 0 Å². The molecule has 0 unspecified atom stereocenters. The third-order valence-corrected chi connectivity index (χ3v) is 2.43. The molecule has 0 aliphatic carbocycles. The fourth-order valence-electron chi connectivity index (χ4n) is 1.62. The highest BCUT2D eigenvalue weighted by Crippen LogP contribution is 2.07. The molecular formula is C10H21N3O2. The zero-order chi connectivity index (χ0) is 10.9. The maximum atomic E-state index is 11.6. The number of hydrogen-bond donors (Lipinski definition) is 2. The molecule has 1 saturated heterocycles. The molecule has 15 heavy (non-hydrogen) atoms. The van der Waals surface area contributed by atoms with Gasteiger partial charge in [-0.15, -0.1) is 0 Å². The maximum Gasteiger partial charge on any atom is 0.317 e. The molecule has 1 fully saturated rings. The van der Waals surface area contributed by atoms with E-state index in [1.165, 1.54) is 6.42 Å². The second-order valence-electron chi connectivity index (χ2n) is 3.68. The Kier molecular flexibility index (Phi) is 6.11. The molecule has 5 heteroatoms.